The van der Waals surface area contributed by atoms with Gasteiger partial charge in [-0.2, -0.15) is 0 Å². The second kappa shape index (κ2) is 8.26. The summed E-state index contributed by atoms with van der Waals surface area (Å²) < 4.78 is 0. The molecule has 0 aromatic rings. The molecule has 112 valence electrons. The van der Waals surface area contributed by atoms with Crippen molar-refractivity contribution in [3.63, 3.8) is 0 Å². The third-order valence-corrected chi connectivity index (χ3v) is 5.29. The van der Waals surface area contributed by atoms with E-state index in [-0.39, 0.29) is 0 Å². The van der Waals surface area contributed by atoms with Crippen LogP contribution in [0.4, 0.5) is 0 Å². The largest absolute Gasteiger partial charge is 0.314 e. The minimum Gasteiger partial charge on any atom is -0.314 e. The Morgan fingerprint density at radius 3 is 2.37 bits per heavy atom. The van der Waals surface area contributed by atoms with Crippen LogP contribution in [0.1, 0.15) is 71.1 Å². The first-order chi connectivity index (χ1) is 9.31. The monoisotopic (exact) mass is 266 g/mol. The minimum absolute atomic E-state index is 0.791. The molecule has 2 rings (SSSR count). The summed E-state index contributed by atoms with van der Waals surface area (Å²) in [4.78, 5) is 2.69. The van der Waals surface area contributed by atoms with Crippen molar-refractivity contribution in [3.05, 3.63) is 0 Å². The Kier molecular flexibility index (Phi) is 6.66. The third kappa shape index (κ3) is 4.75. The molecule has 2 atom stereocenters. The van der Waals surface area contributed by atoms with Gasteiger partial charge < -0.3 is 10.2 Å². The molecule has 0 radical (unpaired) electrons. The number of nitrogens with one attached hydrogen (secondary N) is 1. The van der Waals surface area contributed by atoms with Crippen molar-refractivity contribution in [2.75, 3.05) is 20.1 Å². The lowest BCUT2D eigenvalue weighted by atomic mass is 9.83. The molecule has 0 amide bonds. The first-order valence-electron chi connectivity index (χ1n) is 8.75. The lowest BCUT2D eigenvalue weighted by Crippen LogP contribution is -2.46. The van der Waals surface area contributed by atoms with Crippen LogP contribution >= 0.6 is 0 Å². The number of rotatable bonds is 6. The summed E-state index contributed by atoms with van der Waals surface area (Å²) >= 11 is 0. The highest BCUT2D eigenvalue weighted by atomic mass is 15.1. The molecule has 2 unspecified atom stereocenters. The van der Waals surface area contributed by atoms with Crippen LogP contribution in [0.25, 0.3) is 0 Å². The second-order valence-electron chi connectivity index (χ2n) is 6.84. The molecule has 2 fully saturated rings. The van der Waals surface area contributed by atoms with Crippen molar-refractivity contribution in [2.24, 2.45) is 5.92 Å². The molecule has 2 nitrogen and oxygen atoms in total. The molecule has 2 aliphatic carbocycles. The maximum Gasteiger partial charge on any atom is 0.0107 e. The van der Waals surface area contributed by atoms with E-state index in [1.54, 1.807) is 0 Å². The fourth-order valence-electron chi connectivity index (χ4n) is 4.07. The van der Waals surface area contributed by atoms with E-state index in [4.69, 9.17) is 0 Å². The van der Waals surface area contributed by atoms with Crippen molar-refractivity contribution in [1.29, 1.82) is 0 Å². The van der Waals surface area contributed by atoms with Crippen LogP contribution in [0.5, 0.6) is 0 Å². The Balaban J connectivity index is 1.80. The van der Waals surface area contributed by atoms with Gasteiger partial charge in [-0.15, -0.1) is 0 Å². The van der Waals surface area contributed by atoms with E-state index in [1.165, 1.54) is 77.3 Å². The zero-order valence-electron chi connectivity index (χ0n) is 13.2. The Hall–Kier alpha value is -0.0800. The molecule has 0 spiro atoms. The van der Waals surface area contributed by atoms with Crippen LogP contribution in [-0.2, 0) is 0 Å². The van der Waals surface area contributed by atoms with E-state index in [0.717, 1.165) is 18.0 Å². The molecule has 2 aliphatic rings. The van der Waals surface area contributed by atoms with Crippen LogP contribution in [-0.4, -0.2) is 37.1 Å². The number of hydrogen-bond acceptors (Lipinski definition) is 2. The van der Waals surface area contributed by atoms with Gasteiger partial charge in [-0.05, 0) is 51.6 Å². The SMILES string of the molecule is CCCNC1CCCCC1CN(C)C1CCCCC1. The molecule has 0 aliphatic heterocycles. The van der Waals surface area contributed by atoms with Gasteiger partial charge in [-0.1, -0.05) is 39.0 Å². The van der Waals surface area contributed by atoms with Crippen LogP contribution in [0.2, 0.25) is 0 Å². The van der Waals surface area contributed by atoms with Crippen molar-refractivity contribution >= 4 is 0 Å². The number of nitrogens with zero attached hydrogens (tertiary/aromatic N) is 1. The summed E-state index contributed by atoms with van der Waals surface area (Å²) in [5.41, 5.74) is 0. The van der Waals surface area contributed by atoms with Crippen LogP contribution in [0, 0.1) is 5.92 Å². The van der Waals surface area contributed by atoms with Gasteiger partial charge in [-0.3, -0.25) is 0 Å². The lowest BCUT2D eigenvalue weighted by Gasteiger charge is -2.38. The summed E-state index contributed by atoms with van der Waals surface area (Å²) in [6, 6.07) is 1.67. The first-order valence-corrected chi connectivity index (χ1v) is 8.75. The van der Waals surface area contributed by atoms with E-state index >= 15 is 0 Å². The molecule has 19 heavy (non-hydrogen) atoms. The Labute approximate surface area is 120 Å². The van der Waals surface area contributed by atoms with Gasteiger partial charge in [-0.25, -0.2) is 0 Å². The van der Waals surface area contributed by atoms with E-state index in [9.17, 15) is 0 Å². The third-order valence-electron chi connectivity index (χ3n) is 5.29. The summed E-state index contributed by atoms with van der Waals surface area (Å²) in [6.07, 6.45) is 14.3. The van der Waals surface area contributed by atoms with Crippen LogP contribution < -0.4 is 5.32 Å². The molecule has 1 N–H and O–H groups in total. The highest BCUT2D eigenvalue weighted by Crippen LogP contribution is 2.28. The van der Waals surface area contributed by atoms with Crippen molar-refractivity contribution in [2.45, 2.75) is 83.2 Å². The Morgan fingerprint density at radius 1 is 0.947 bits per heavy atom. The Bertz CT molecular complexity index is 235. The van der Waals surface area contributed by atoms with E-state index in [2.05, 4.69) is 24.2 Å². The standard InChI is InChI=1S/C17H34N2/c1-3-13-18-17-12-8-7-9-15(17)14-19(2)16-10-5-4-6-11-16/h15-18H,3-14H2,1-2H3. The van der Waals surface area contributed by atoms with Gasteiger partial charge in [0.1, 0.15) is 0 Å². The van der Waals surface area contributed by atoms with E-state index < -0.39 is 0 Å². The molecule has 2 saturated carbocycles. The number of hydrogen-bond donors (Lipinski definition) is 1. The molecule has 0 aromatic heterocycles. The lowest BCUT2D eigenvalue weighted by molar-refractivity contribution is 0.131. The molecule has 0 aromatic carbocycles. The summed E-state index contributed by atoms with van der Waals surface area (Å²) in [5, 5.41) is 3.80. The smallest absolute Gasteiger partial charge is 0.0107 e. The van der Waals surface area contributed by atoms with Gasteiger partial charge in [0.25, 0.3) is 0 Å². The molecule has 0 bridgehead atoms. The molecular formula is C17H34N2. The van der Waals surface area contributed by atoms with Crippen molar-refractivity contribution in [1.82, 2.24) is 10.2 Å². The Morgan fingerprint density at radius 2 is 1.63 bits per heavy atom. The van der Waals surface area contributed by atoms with Gasteiger partial charge in [0, 0.05) is 18.6 Å². The first kappa shape index (κ1) is 15.3. The van der Waals surface area contributed by atoms with Gasteiger partial charge in [0.15, 0.2) is 0 Å². The molecular weight excluding hydrogens is 232 g/mol. The maximum atomic E-state index is 3.80. The quantitative estimate of drug-likeness (QED) is 0.786. The van der Waals surface area contributed by atoms with Crippen molar-refractivity contribution < 1.29 is 0 Å². The van der Waals surface area contributed by atoms with Crippen molar-refractivity contribution in [3.8, 4) is 0 Å². The predicted molar refractivity (Wildman–Crippen MR) is 83.5 cm³/mol. The highest BCUT2D eigenvalue weighted by Gasteiger charge is 2.27. The minimum atomic E-state index is 0.791. The average Bonchev–Trinajstić information content (AvgIpc) is 2.47. The van der Waals surface area contributed by atoms with E-state index in [0.29, 0.717) is 0 Å². The molecule has 2 heteroatoms. The maximum absolute atomic E-state index is 3.80. The zero-order chi connectivity index (χ0) is 13.5. The summed E-state index contributed by atoms with van der Waals surface area (Å²) in [6.45, 7) is 4.80. The molecule has 0 heterocycles. The predicted octanol–water partition coefficient (Wildman–Crippen LogP) is 3.81. The van der Waals surface area contributed by atoms with Gasteiger partial charge in [0.2, 0.25) is 0 Å². The highest BCUT2D eigenvalue weighted by molar-refractivity contribution is 4.84. The fourth-order valence-corrected chi connectivity index (χ4v) is 4.07. The zero-order valence-corrected chi connectivity index (χ0v) is 13.2. The molecule has 0 saturated heterocycles. The second-order valence-corrected chi connectivity index (χ2v) is 6.84. The topological polar surface area (TPSA) is 15.3 Å². The summed E-state index contributed by atoms with van der Waals surface area (Å²) in [5.74, 6) is 0.896. The fraction of sp³-hybridized carbons (Fsp3) is 1.00. The van der Waals surface area contributed by atoms with Crippen LogP contribution in [0.3, 0.4) is 0 Å². The average molecular weight is 266 g/mol. The van der Waals surface area contributed by atoms with Gasteiger partial charge in [0.05, 0.1) is 0 Å². The summed E-state index contributed by atoms with van der Waals surface area (Å²) in [7, 11) is 2.38. The normalized spacial score (nSPS) is 29.8. The van der Waals surface area contributed by atoms with Crippen LogP contribution in [0.15, 0.2) is 0 Å². The van der Waals surface area contributed by atoms with Gasteiger partial charge >= 0.3 is 0 Å². The van der Waals surface area contributed by atoms with E-state index in [1.807, 2.05) is 0 Å².